The molecule has 19 heavy (non-hydrogen) atoms. The number of nitrogens with zero attached hydrogens (tertiary/aromatic N) is 1. The zero-order valence-electron chi connectivity index (χ0n) is 11.6. The van der Waals surface area contributed by atoms with Crippen LogP contribution < -0.4 is 10.2 Å². The van der Waals surface area contributed by atoms with Crippen molar-refractivity contribution < 1.29 is 9.90 Å². The molecule has 2 N–H and O–H groups in total. The first-order valence-corrected chi connectivity index (χ1v) is 6.89. The van der Waals surface area contributed by atoms with Crippen molar-refractivity contribution in [3.63, 3.8) is 0 Å². The predicted octanol–water partition coefficient (Wildman–Crippen LogP) is 1.71. The maximum absolute atomic E-state index is 12.3. The van der Waals surface area contributed by atoms with E-state index in [9.17, 15) is 4.79 Å². The number of hydrogen-bond donors (Lipinski definition) is 2. The Morgan fingerprint density at radius 3 is 2.74 bits per heavy atom. The standard InChI is InChI=1S/C15H22N2O2/c1-11-5-6-14(17-7-3-4-8-17)13(9-11)15(19)16-12(2)10-18/h5-6,9,12,18H,3-4,7-8,10H2,1-2H3,(H,16,19). The Bertz CT molecular complexity index is 453. The molecule has 0 radical (unpaired) electrons. The summed E-state index contributed by atoms with van der Waals surface area (Å²) in [6.45, 7) is 5.76. The van der Waals surface area contributed by atoms with Crippen LogP contribution in [0.5, 0.6) is 0 Å². The average Bonchev–Trinajstić information content (AvgIpc) is 2.92. The van der Waals surface area contributed by atoms with Gasteiger partial charge in [0.25, 0.3) is 5.91 Å². The van der Waals surface area contributed by atoms with Crippen LogP contribution in [0.4, 0.5) is 5.69 Å². The van der Waals surface area contributed by atoms with E-state index in [1.807, 2.05) is 25.1 Å². The van der Waals surface area contributed by atoms with Crippen molar-refractivity contribution in [2.45, 2.75) is 32.7 Å². The van der Waals surface area contributed by atoms with Gasteiger partial charge in [-0.3, -0.25) is 4.79 Å². The van der Waals surface area contributed by atoms with E-state index in [1.165, 1.54) is 12.8 Å². The molecular weight excluding hydrogens is 240 g/mol. The van der Waals surface area contributed by atoms with Crippen molar-refractivity contribution in [1.29, 1.82) is 0 Å². The van der Waals surface area contributed by atoms with Crippen LogP contribution in [0.3, 0.4) is 0 Å². The number of aliphatic hydroxyl groups is 1. The van der Waals surface area contributed by atoms with E-state index >= 15 is 0 Å². The number of carbonyl (C=O) groups is 1. The van der Waals surface area contributed by atoms with Gasteiger partial charge in [0.2, 0.25) is 0 Å². The normalized spacial score (nSPS) is 16.5. The highest BCUT2D eigenvalue weighted by atomic mass is 16.3. The van der Waals surface area contributed by atoms with E-state index in [1.54, 1.807) is 6.92 Å². The molecule has 1 aliphatic rings. The van der Waals surface area contributed by atoms with Gasteiger partial charge in [-0.05, 0) is 38.8 Å². The van der Waals surface area contributed by atoms with Crippen molar-refractivity contribution in [3.8, 4) is 0 Å². The lowest BCUT2D eigenvalue weighted by Crippen LogP contribution is -2.36. The molecule has 0 aromatic heterocycles. The summed E-state index contributed by atoms with van der Waals surface area (Å²) in [5.41, 5.74) is 2.79. The van der Waals surface area contributed by atoms with Crippen molar-refractivity contribution in [2.24, 2.45) is 0 Å². The smallest absolute Gasteiger partial charge is 0.253 e. The third kappa shape index (κ3) is 3.26. The molecule has 0 aliphatic carbocycles. The Hall–Kier alpha value is -1.55. The van der Waals surface area contributed by atoms with E-state index in [2.05, 4.69) is 10.2 Å². The van der Waals surface area contributed by atoms with Crippen LogP contribution in [0.25, 0.3) is 0 Å². The van der Waals surface area contributed by atoms with Crippen LogP contribution in [0, 0.1) is 6.92 Å². The third-order valence-electron chi connectivity index (χ3n) is 3.49. The lowest BCUT2D eigenvalue weighted by Gasteiger charge is -2.22. The molecule has 0 saturated carbocycles. The Kier molecular flexibility index (Phi) is 4.43. The van der Waals surface area contributed by atoms with Crippen molar-refractivity contribution >= 4 is 11.6 Å². The molecule has 1 saturated heterocycles. The Labute approximate surface area is 114 Å². The lowest BCUT2D eigenvalue weighted by atomic mass is 10.1. The highest BCUT2D eigenvalue weighted by Gasteiger charge is 2.20. The summed E-state index contributed by atoms with van der Waals surface area (Å²) < 4.78 is 0. The first kappa shape index (κ1) is 13.9. The quantitative estimate of drug-likeness (QED) is 0.868. The van der Waals surface area contributed by atoms with E-state index in [0.29, 0.717) is 5.56 Å². The highest BCUT2D eigenvalue weighted by molar-refractivity contribution is 6.00. The van der Waals surface area contributed by atoms with Gasteiger partial charge in [-0.15, -0.1) is 0 Å². The molecule has 1 aliphatic heterocycles. The molecule has 1 aromatic carbocycles. The largest absolute Gasteiger partial charge is 0.394 e. The maximum Gasteiger partial charge on any atom is 0.253 e. The minimum Gasteiger partial charge on any atom is -0.394 e. The summed E-state index contributed by atoms with van der Waals surface area (Å²) in [5, 5.41) is 11.9. The SMILES string of the molecule is Cc1ccc(N2CCCC2)c(C(=O)NC(C)CO)c1. The fraction of sp³-hybridized carbons (Fsp3) is 0.533. The number of amides is 1. The van der Waals surface area contributed by atoms with Gasteiger partial charge in [-0.2, -0.15) is 0 Å². The Morgan fingerprint density at radius 2 is 2.11 bits per heavy atom. The first-order valence-electron chi connectivity index (χ1n) is 6.89. The number of benzene rings is 1. The van der Waals surface area contributed by atoms with E-state index in [4.69, 9.17) is 5.11 Å². The van der Waals surface area contributed by atoms with Crippen molar-refractivity contribution in [2.75, 3.05) is 24.6 Å². The first-order chi connectivity index (χ1) is 9.11. The second kappa shape index (κ2) is 6.06. The van der Waals surface area contributed by atoms with Gasteiger partial charge in [-0.1, -0.05) is 11.6 Å². The number of rotatable bonds is 4. The third-order valence-corrected chi connectivity index (χ3v) is 3.49. The number of aryl methyl sites for hydroxylation is 1. The molecule has 1 fully saturated rings. The molecule has 1 heterocycles. The zero-order valence-corrected chi connectivity index (χ0v) is 11.6. The molecule has 0 spiro atoms. The molecule has 0 bridgehead atoms. The Balaban J connectivity index is 2.26. The summed E-state index contributed by atoms with van der Waals surface area (Å²) in [5.74, 6) is -0.104. The summed E-state index contributed by atoms with van der Waals surface area (Å²) >= 11 is 0. The van der Waals surface area contributed by atoms with E-state index < -0.39 is 0 Å². The predicted molar refractivity (Wildman–Crippen MR) is 76.6 cm³/mol. The molecule has 1 unspecified atom stereocenters. The Morgan fingerprint density at radius 1 is 1.42 bits per heavy atom. The van der Waals surface area contributed by atoms with Gasteiger partial charge in [0, 0.05) is 24.8 Å². The summed E-state index contributed by atoms with van der Waals surface area (Å²) in [6, 6.07) is 5.77. The zero-order chi connectivity index (χ0) is 13.8. The number of aliphatic hydroxyl groups excluding tert-OH is 1. The molecule has 4 nitrogen and oxygen atoms in total. The van der Waals surface area contributed by atoms with Crippen LogP contribution in [0.2, 0.25) is 0 Å². The van der Waals surface area contributed by atoms with Gasteiger partial charge in [0.15, 0.2) is 0 Å². The summed E-state index contributed by atoms with van der Waals surface area (Å²) in [6.07, 6.45) is 2.37. The van der Waals surface area contributed by atoms with Gasteiger partial charge in [-0.25, -0.2) is 0 Å². The molecule has 1 amide bonds. The molecule has 2 rings (SSSR count). The minimum atomic E-state index is -0.223. The second-order valence-electron chi connectivity index (χ2n) is 5.27. The summed E-state index contributed by atoms with van der Waals surface area (Å²) in [4.78, 5) is 14.6. The number of anilines is 1. The van der Waals surface area contributed by atoms with Gasteiger partial charge in [0.05, 0.1) is 12.2 Å². The van der Waals surface area contributed by atoms with Crippen molar-refractivity contribution in [3.05, 3.63) is 29.3 Å². The number of nitrogens with one attached hydrogen (secondary N) is 1. The van der Waals surface area contributed by atoms with Crippen LogP contribution in [0.15, 0.2) is 18.2 Å². The second-order valence-corrected chi connectivity index (χ2v) is 5.27. The highest BCUT2D eigenvalue weighted by Crippen LogP contribution is 2.25. The van der Waals surface area contributed by atoms with Gasteiger partial charge < -0.3 is 15.3 Å². The summed E-state index contributed by atoms with van der Waals surface area (Å²) in [7, 11) is 0. The van der Waals surface area contributed by atoms with E-state index in [-0.39, 0.29) is 18.6 Å². The topological polar surface area (TPSA) is 52.6 Å². The number of hydrogen-bond acceptors (Lipinski definition) is 3. The monoisotopic (exact) mass is 262 g/mol. The van der Waals surface area contributed by atoms with Crippen LogP contribution in [-0.2, 0) is 0 Å². The van der Waals surface area contributed by atoms with Crippen LogP contribution >= 0.6 is 0 Å². The van der Waals surface area contributed by atoms with Gasteiger partial charge >= 0.3 is 0 Å². The van der Waals surface area contributed by atoms with Crippen LogP contribution in [0.1, 0.15) is 35.7 Å². The maximum atomic E-state index is 12.3. The van der Waals surface area contributed by atoms with E-state index in [0.717, 1.165) is 24.3 Å². The molecular formula is C15H22N2O2. The number of carbonyl (C=O) groups excluding carboxylic acids is 1. The van der Waals surface area contributed by atoms with Gasteiger partial charge in [0.1, 0.15) is 0 Å². The molecule has 104 valence electrons. The lowest BCUT2D eigenvalue weighted by molar-refractivity contribution is 0.0922. The molecule has 1 aromatic rings. The minimum absolute atomic E-state index is 0.0450. The van der Waals surface area contributed by atoms with Crippen molar-refractivity contribution in [1.82, 2.24) is 5.32 Å². The average molecular weight is 262 g/mol. The molecule has 4 heteroatoms. The fourth-order valence-electron chi connectivity index (χ4n) is 2.41. The fourth-order valence-corrected chi connectivity index (χ4v) is 2.41. The van der Waals surface area contributed by atoms with Crippen LogP contribution in [-0.4, -0.2) is 36.8 Å². The molecule has 1 atom stereocenters.